The molecule has 180 valence electrons. The summed E-state index contributed by atoms with van der Waals surface area (Å²) >= 11 is 0. The minimum Gasteiger partial charge on any atom is -0.371 e. The fourth-order valence-corrected chi connectivity index (χ4v) is 5.29. The predicted octanol–water partition coefficient (Wildman–Crippen LogP) is 3.84. The van der Waals surface area contributed by atoms with Crippen LogP contribution in [-0.2, 0) is 4.74 Å². The van der Waals surface area contributed by atoms with Crippen molar-refractivity contribution in [3.8, 4) is 0 Å². The van der Waals surface area contributed by atoms with Crippen LogP contribution in [0.2, 0.25) is 0 Å². The molecule has 1 saturated carbocycles. The molecule has 0 radical (unpaired) electrons. The molecule has 1 amide bonds. The molecule has 2 bridgehead atoms. The highest BCUT2D eigenvalue weighted by Gasteiger charge is 2.39. The molecule has 6 heterocycles. The molecule has 4 fully saturated rings. The monoisotopic (exact) mass is 471 g/mol. The number of anilines is 2. The van der Waals surface area contributed by atoms with Gasteiger partial charge in [-0.2, -0.15) is 10.2 Å². The van der Waals surface area contributed by atoms with Gasteiger partial charge < -0.3 is 15.0 Å². The molecule has 2 unspecified atom stereocenters. The molecular formula is C23H27F2N7O2. The summed E-state index contributed by atoms with van der Waals surface area (Å²) in [4.78, 5) is 19.9. The number of hydrogen-bond donors (Lipinski definition) is 1. The third-order valence-corrected chi connectivity index (χ3v) is 7.26. The third-order valence-electron chi connectivity index (χ3n) is 7.26. The summed E-state index contributed by atoms with van der Waals surface area (Å²) in [5, 5.41) is 11.0. The lowest BCUT2D eigenvalue weighted by Crippen LogP contribution is -2.57. The van der Waals surface area contributed by atoms with Gasteiger partial charge in [-0.15, -0.1) is 0 Å². The number of piperidine rings is 1. The third kappa shape index (κ3) is 3.81. The molecule has 1 N–H and O–H groups in total. The molecule has 3 aliphatic heterocycles. The molecule has 11 heteroatoms. The van der Waals surface area contributed by atoms with Crippen LogP contribution in [0.15, 0.2) is 24.7 Å². The van der Waals surface area contributed by atoms with Crippen molar-refractivity contribution in [2.75, 3.05) is 23.3 Å². The predicted molar refractivity (Wildman–Crippen MR) is 120 cm³/mol. The zero-order valence-corrected chi connectivity index (χ0v) is 18.9. The molecule has 4 aliphatic rings. The fourth-order valence-electron chi connectivity index (χ4n) is 5.29. The Morgan fingerprint density at radius 2 is 1.94 bits per heavy atom. The summed E-state index contributed by atoms with van der Waals surface area (Å²) in [6, 6.07) is 1.93. The van der Waals surface area contributed by atoms with Crippen molar-refractivity contribution < 1.29 is 18.3 Å². The Hall–Kier alpha value is -3.08. The lowest BCUT2D eigenvalue weighted by molar-refractivity contribution is -0.133. The quantitative estimate of drug-likeness (QED) is 0.608. The number of morpholine rings is 1. The first-order chi connectivity index (χ1) is 16.4. The van der Waals surface area contributed by atoms with E-state index in [2.05, 4.69) is 32.3 Å². The molecule has 1 aliphatic carbocycles. The van der Waals surface area contributed by atoms with E-state index in [-0.39, 0.29) is 29.5 Å². The van der Waals surface area contributed by atoms with Gasteiger partial charge in [0.1, 0.15) is 11.4 Å². The zero-order chi connectivity index (χ0) is 23.4. The Kier molecular flexibility index (Phi) is 5.23. The van der Waals surface area contributed by atoms with E-state index >= 15 is 0 Å². The average molecular weight is 472 g/mol. The van der Waals surface area contributed by atoms with Crippen LogP contribution in [0, 0.1) is 5.92 Å². The second-order valence-electron chi connectivity index (χ2n) is 9.71. The number of fused-ring (bicyclic) bond motifs is 3. The first-order valence-corrected chi connectivity index (χ1v) is 11.9. The number of amides is 1. The summed E-state index contributed by atoms with van der Waals surface area (Å²) in [6.45, 7) is 3.71. The van der Waals surface area contributed by atoms with Gasteiger partial charge in [0, 0.05) is 31.9 Å². The summed E-state index contributed by atoms with van der Waals surface area (Å²) in [5.74, 6) is 0.840. The van der Waals surface area contributed by atoms with E-state index in [0.29, 0.717) is 11.6 Å². The Balaban J connectivity index is 1.25. The number of halogens is 2. The number of hydrogen-bond acceptors (Lipinski definition) is 6. The van der Waals surface area contributed by atoms with Gasteiger partial charge in [0.05, 0.1) is 30.1 Å². The molecule has 0 spiro atoms. The van der Waals surface area contributed by atoms with Crippen LogP contribution < -0.4 is 10.2 Å². The highest BCUT2D eigenvalue weighted by Crippen LogP contribution is 2.35. The maximum atomic E-state index is 13.7. The number of carbonyl (C=O) groups excluding carboxylic acids is 1. The average Bonchev–Trinajstić information content (AvgIpc) is 3.43. The van der Waals surface area contributed by atoms with Gasteiger partial charge in [0.25, 0.3) is 12.3 Å². The van der Waals surface area contributed by atoms with Crippen molar-refractivity contribution in [3.05, 3.63) is 35.9 Å². The number of nitrogens with zero attached hydrogens (tertiary/aromatic N) is 6. The summed E-state index contributed by atoms with van der Waals surface area (Å²) in [7, 11) is 0. The second kappa shape index (κ2) is 8.30. The van der Waals surface area contributed by atoms with Gasteiger partial charge in [-0.3, -0.25) is 9.48 Å². The number of rotatable bonds is 5. The van der Waals surface area contributed by atoms with Crippen LogP contribution >= 0.6 is 0 Å². The van der Waals surface area contributed by atoms with E-state index in [4.69, 9.17) is 4.74 Å². The smallest absolute Gasteiger partial charge is 0.284 e. The van der Waals surface area contributed by atoms with Crippen LogP contribution in [0.1, 0.15) is 67.5 Å². The Morgan fingerprint density at radius 3 is 2.65 bits per heavy atom. The van der Waals surface area contributed by atoms with Gasteiger partial charge >= 0.3 is 0 Å². The number of ether oxygens (including phenoxy) is 1. The van der Waals surface area contributed by atoms with Crippen molar-refractivity contribution in [1.82, 2.24) is 24.4 Å². The molecule has 3 saturated heterocycles. The van der Waals surface area contributed by atoms with Crippen LogP contribution in [0.4, 0.5) is 20.3 Å². The fraction of sp³-hybridized carbons (Fsp3) is 0.565. The summed E-state index contributed by atoms with van der Waals surface area (Å²) in [5.41, 5.74) is 0.217. The van der Waals surface area contributed by atoms with Gasteiger partial charge in [0.15, 0.2) is 11.3 Å². The summed E-state index contributed by atoms with van der Waals surface area (Å²) < 4.78 is 36.3. The van der Waals surface area contributed by atoms with Crippen molar-refractivity contribution in [2.45, 2.75) is 63.7 Å². The van der Waals surface area contributed by atoms with E-state index in [1.807, 2.05) is 6.07 Å². The van der Waals surface area contributed by atoms with Crippen molar-refractivity contribution in [3.63, 3.8) is 0 Å². The standard InChI is InChI=1S/C23H27F2N7O2/c1-13-2-4-14(5-3-13)32-12-18(20(29-32)21(24)25)27-23(33)17-9-26-31-7-6-19(28-22(17)31)30-10-15-8-16(11-30)34-15/h6-7,9,12-16,21H,2-5,8,10-11H2,1H3,(H,27,33). The number of nitrogens with one attached hydrogen (secondary N) is 1. The molecule has 7 rings (SSSR count). The Labute approximate surface area is 195 Å². The van der Waals surface area contributed by atoms with Crippen LogP contribution in [0.5, 0.6) is 0 Å². The van der Waals surface area contributed by atoms with Crippen LogP contribution in [0.3, 0.4) is 0 Å². The van der Waals surface area contributed by atoms with Crippen molar-refractivity contribution in [1.29, 1.82) is 0 Å². The lowest BCUT2D eigenvalue weighted by atomic mass is 9.87. The first-order valence-electron chi connectivity index (χ1n) is 11.9. The molecule has 3 aromatic heterocycles. The topological polar surface area (TPSA) is 89.6 Å². The largest absolute Gasteiger partial charge is 0.371 e. The number of aromatic nitrogens is 5. The van der Waals surface area contributed by atoms with E-state index < -0.39 is 18.0 Å². The molecule has 34 heavy (non-hydrogen) atoms. The summed E-state index contributed by atoms with van der Waals surface area (Å²) in [6.07, 6.45) is 7.28. The van der Waals surface area contributed by atoms with E-state index in [0.717, 1.165) is 51.0 Å². The maximum absolute atomic E-state index is 13.7. The van der Waals surface area contributed by atoms with Crippen LogP contribution in [-0.4, -0.2) is 55.6 Å². The van der Waals surface area contributed by atoms with E-state index in [9.17, 15) is 13.6 Å². The van der Waals surface area contributed by atoms with Crippen LogP contribution in [0.25, 0.3) is 5.65 Å². The van der Waals surface area contributed by atoms with Gasteiger partial charge in [-0.1, -0.05) is 6.92 Å². The van der Waals surface area contributed by atoms with Gasteiger partial charge in [0.2, 0.25) is 0 Å². The van der Waals surface area contributed by atoms with E-state index in [1.54, 1.807) is 10.9 Å². The minimum atomic E-state index is -2.79. The Morgan fingerprint density at radius 1 is 1.21 bits per heavy atom. The molecule has 0 aromatic carbocycles. The highest BCUT2D eigenvalue weighted by molar-refractivity contribution is 6.08. The SMILES string of the molecule is CC1CCC(n2cc(NC(=O)c3cnn4ccc(N5CC6CC(C5)O6)nc34)c(C(F)F)n2)CC1. The van der Waals surface area contributed by atoms with Gasteiger partial charge in [-0.25, -0.2) is 18.3 Å². The normalized spacial score (nSPS) is 26.6. The van der Waals surface area contributed by atoms with Gasteiger partial charge in [-0.05, 0) is 37.7 Å². The van der Waals surface area contributed by atoms with Crippen molar-refractivity contribution >= 4 is 23.1 Å². The van der Waals surface area contributed by atoms with E-state index in [1.165, 1.54) is 16.9 Å². The molecular weight excluding hydrogens is 444 g/mol. The highest BCUT2D eigenvalue weighted by atomic mass is 19.3. The minimum absolute atomic E-state index is 0.0300. The first kappa shape index (κ1) is 21.5. The number of carbonyl (C=O) groups is 1. The molecule has 3 aromatic rings. The lowest BCUT2D eigenvalue weighted by Gasteiger charge is -2.47. The molecule has 2 atom stereocenters. The zero-order valence-electron chi connectivity index (χ0n) is 18.9. The number of alkyl halides is 2. The second-order valence-corrected chi connectivity index (χ2v) is 9.71. The maximum Gasteiger partial charge on any atom is 0.284 e. The molecule has 9 nitrogen and oxygen atoms in total. The Bertz CT molecular complexity index is 1200. The van der Waals surface area contributed by atoms with Crippen molar-refractivity contribution in [2.24, 2.45) is 5.92 Å².